The fourth-order valence-electron chi connectivity index (χ4n) is 2.33. The zero-order valence-electron chi connectivity index (χ0n) is 9.62. The molecule has 3 heteroatoms. The highest BCUT2D eigenvalue weighted by Crippen LogP contribution is 2.20. The van der Waals surface area contributed by atoms with Gasteiger partial charge in [-0.1, -0.05) is 19.8 Å². The topological polar surface area (TPSA) is 32.3 Å². The molecule has 15 heavy (non-hydrogen) atoms. The molecule has 3 nitrogen and oxygen atoms in total. The second kappa shape index (κ2) is 5.77. The molecule has 0 saturated carbocycles. The summed E-state index contributed by atoms with van der Waals surface area (Å²) in [6, 6.07) is 0. The maximum Gasteiger partial charge on any atom is 0.234 e. The van der Waals surface area contributed by atoms with Crippen molar-refractivity contribution in [2.24, 2.45) is 11.8 Å². The monoisotopic (exact) mass is 208 g/mol. The summed E-state index contributed by atoms with van der Waals surface area (Å²) in [7, 11) is 0. The van der Waals surface area contributed by atoms with E-state index in [1.165, 1.54) is 6.42 Å². The van der Waals surface area contributed by atoms with Gasteiger partial charge in [0, 0.05) is 13.1 Å². The highest BCUT2D eigenvalue weighted by molar-refractivity contribution is 5.78. The fraction of sp³-hybridized carbons (Fsp3) is 0.750. The first-order valence-corrected chi connectivity index (χ1v) is 5.54. The van der Waals surface area contributed by atoms with E-state index in [1.54, 1.807) is 0 Å². The van der Waals surface area contributed by atoms with Crippen molar-refractivity contribution in [1.82, 2.24) is 10.2 Å². The zero-order chi connectivity index (χ0) is 11.3. The first-order chi connectivity index (χ1) is 7.11. The maximum atomic E-state index is 11.4. The van der Waals surface area contributed by atoms with Crippen LogP contribution in [0.25, 0.3) is 0 Å². The van der Waals surface area contributed by atoms with Gasteiger partial charge in [-0.2, -0.15) is 0 Å². The van der Waals surface area contributed by atoms with E-state index < -0.39 is 0 Å². The van der Waals surface area contributed by atoms with E-state index in [-0.39, 0.29) is 5.91 Å². The third-order valence-corrected chi connectivity index (χ3v) is 2.70. The Balaban J connectivity index is 2.31. The Labute approximate surface area is 92.2 Å². The average molecular weight is 208 g/mol. The normalized spacial score (nSPS) is 27.0. The van der Waals surface area contributed by atoms with Crippen molar-refractivity contribution in [2.75, 3.05) is 26.2 Å². The SMILES string of the molecule is C#CCNC(=O)CN1CC(C)CC(C)C1. The number of rotatable bonds is 3. The van der Waals surface area contributed by atoms with Gasteiger partial charge >= 0.3 is 0 Å². The van der Waals surface area contributed by atoms with E-state index in [2.05, 4.69) is 30.0 Å². The van der Waals surface area contributed by atoms with Crippen molar-refractivity contribution >= 4 is 5.91 Å². The lowest BCUT2D eigenvalue weighted by molar-refractivity contribution is -0.122. The van der Waals surface area contributed by atoms with Crippen LogP contribution < -0.4 is 5.32 Å². The molecule has 2 unspecified atom stereocenters. The summed E-state index contributed by atoms with van der Waals surface area (Å²) in [4.78, 5) is 13.6. The molecule has 1 aliphatic heterocycles. The smallest absolute Gasteiger partial charge is 0.234 e. The Morgan fingerprint density at radius 1 is 1.47 bits per heavy atom. The van der Waals surface area contributed by atoms with Crippen LogP contribution in [0.2, 0.25) is 0 Å². The summed E-state index contributed by atoms with van der Waals surface area (Å²) in [5.74, 6) is 3.82. The summed E-state index contributed by atoms with van der Waals surface area (Å²) < 4.78 is 0. The number of hydrogen-bond acceptors (Lipinski definition) is 2. The van der Waals surface area contributed by atoms with E-state index in [0.29, 0.717) is 24.9 Å². The predicted molar refractivity (Wildman–Crippen MR) is 61.2 cm³/mol. The number of carbonyl (C=O) groups is 1. The number of hydrogen-bond donors (Lipinski definition) is 1. The minimum absolute atomic E-state index is 0.0363. The van der Waals surface area contributed by atoms with E-state index in [4.69, 9.17) is 6.42 Å². The minimum atomic E-state index is 0.0363. The lowest BCUT2D eigenvalue weighted by Crippen LogP contribution is -2.44. The summed E-state index contributed by atoms with van der Waals surface area (Å²) in [5.41, 5.74) is 0. The quantitative estimate of drug-likeness (QED) is 0.693. The molecular formula is C12H20N2O. The number of piperidine rings is 1. The van der Waals surface area contributed by atoms with Gasteiger partial charge in [-0.05, 0) is 18.3 Å². The van der Waals surface area contributed by atoms with Gasteiger partial charge in [0.2, 0.25) is 5.91 Å². The van der Waals surface area contributed by atoms with Crippen LogP contribution in [0.3, 0.4) is 0 Å². The van der Waals surface area contributed by atoms with Crippen LogP contribution in [0.4, 0.5) is 0 Å². The van der Waals surface area contributed by atoms with Gasteiger partial charge in [0.1, 0.15) is 0 Å². The molecule has 1 heterocycles. The number of amides is 1. The van der Waals surface area contributed by atoms with Crippen molar-refractivity contribution in [3.63, 3.8) is 0 Å². The zero-order valence-corrected chi connectivity index (χ0v) is 9.62. The molecule has 1 saturated heterocycles. The number of nitrogens with zero attached hydrogens (tertiary/aromatic N) is 1. The molecule has 0 aromatic heterocycles. The molecule has 1 fully saturated rings. The van der Waals surface area contributed by atoms with Crippen LogP contribution in [0.5, 0.6) is 0 Å². The van der Waals surface area contributed by atoms with Crippen molar-refractivity contribution in [1.29, 1.82) is 0 Å². The Hall–Kier alpha value is -1.01. The summed E-state index contributed by atoms with van der Waals surface area (Å²) in [6.45, 7) is 7.33. The minimum Gasteiger partial charge on any atom is -0.344 e. The predicted octanol–water partition coefficient (Wildman–Crippen LogP) is 0.714. The van der Waals surface area contributed by atoms with Gasteiger partial charge in [0.25, 0.3) is 0 Å². The highest BCUT2D eigenvalue weighted by Gasteiger charge is 2.22. The van der Waals surface area contributed by atoms with E-state index >= 15 is 0 Å². The van der Waals surface area contributed by atoms with Crippen molar-refractivity contribution < 1.29 is 4.79 Å². The van der Waals surface area contributed by atoms with Crippen molar-refractivity contribution in [3.8, 4) is 12.3 Å². The van der Waals surface area contributed by atoms with Gasteiger partial charge in [0.15, 0.2) is 0 Å². The van der Waals surface area contributed by atoms with Gasteiger partial charge in [-0.25, -0.2) is 0 Å². The average Bonchev–Trinajstić information content (AvgIpc) is 2.13. The van der Waals surface area contributed by atoms with E-state index in [9.17, 15) is 4.79 Å². The first kappa shape index (κ1) is 12.1. The molecule has 1 amide bonds. The number of likely N-dealkylation sites (tertiary alicyclic amines) is 1. The number of nitrogens with one attached hydrogen (secondary N) is 1. The van der Waals surface area contributed by atoms with Crippen LogP contribution in [-0.4, -0.2) is 37.0 Å². The molecule has 1 N–H and O–H groups in total. The fourth-order valence-corrected chi connectivity index (χ4v) is 2.33. The number of terminal acetylenes is 1. The maximum absolute atomic E-state index is 11.4. The molecule has 84 valence electrons. The van der Waals surface area contributed by atoms with Crippen LogP contribution in [0.15, 0.2) is 0 Å². The Bertz CT molecular complexity index is 247. The van der Waals surface area contributed by atoms with Gasteiger partial charge < -0.3 is 5.32 Å². The highest BCUT2D eigenvalue weighted by atomic mass is 16.2. The third kappa shape index (κ3) is 4.35. The van der Waals surface area contributed by atoms with Crippen molar-refractivity contribution in [2.45, 2.75) is 20.3 Å². The molecule has 0 aliphatic carbocycles. The van der Waals surface area contributed by atoms with Crippen LogP contribution >= 0.6 is 0 Å². The molecule has 0 bridgehead atoms. The number of carbonyl (C=O) groups excluding carboxylic acids is 1. The molecule has 1 rings (SSSR count). The molecule has 1 aliphatic rings. The Morgan fingerprint density at radius 3 is 2.60 bits per heavy atom. The second-order valence-corrected chi connectivity index (χ2v) is 4.62. The van der Waals surface area contributed by atoms with Crippen LogP contribution in [0.1, 0.15) is 20.3 Å². The first-order valence-electron chi connectivity index (χ1n) is 5.54. The van der Waals surface area contributed by atoms with E-state index in [1.807, 2.05) is 0 Å². The molecule has 0 aromatic rings. The largest absolute Gasteiger partial charge is 0.344 e. The molecule has 2 atom stereocenters. The van der Waals surface area contributed by atoms with Gasteiger partial charge in [0.05, 0.1) is 13.1 Å². The summed E-state index contributed by atoms with van der Waals surface area (Å²) >= 11 is 0. The van der Waals surface area contributed by atoms with Crippen LogP contribution in [0, 0.1) is 24.2 Å². The summed E-state index contributed by atoms with van der Waals surface area (Å²) in [5, 5.41) is 2.69. The molecular weight excluding hydrogens is 188 g/mol. The van der Waals surface area contributed by atoms with Gasteiger partial charge in [-0.3, -0.25) is 9.69 Å². The lowest BCUT2D eigenvalue weighted by atomic mass is 9.92. The second-order valence-electron chi connectivity index (χ2n) is 4.62. The van der Waals surface area contributed by atoms with E-state index in [0.717, 1.165) is 13.1 Å². The third-order valence-electron chi connectivity index (χ3n) is 2.70. The Morgan fingerprint density at radius 2 is 2.07 bits per heavy atom. The Kier molecular flexibility index (Phi) is 4.64. The van der Waals surface area contributed by atoms with Crippen LogP contribution in [-0.2, 0) is 4.79 Å². The van der Waals surface area contributed by atoms with Gasteiger partial charge in [-0.15, -0.1) is 6.42 Å². The lowest BCUT2D eigenvalue weighted by Gasteiger charge is -2.34. The van der Waals surface area contributed by atoms with Crippen molar-refractivity contribution in [3.05, 3.63) is 0 Å². The molecule has 0 aromatic carbocycles. The standard InChI is InChI=1S/C12H20N2O/c1-4-5-13-12(15)9-14-7-10(2)6-11(3)8-14/h1,10-11H,5-9H2,2-3H3,(H,13,15). The molecule has 0 radical (unpaired) electrons. The summed E-state index contributed by atoms with van der Waals surface area (Å²) in [6.07, 6.45) is 6.34. The molecule has 0 spiro atoms.